The van der Waals surface area contributed by atoms with Crippen molar-refractivity contribution in [2.45, 2.75) is 58.2 Å². The van der Waals surface area contributed by atoms with Crippen LogP contribution in [0.3, 0.4) is 0 Å². The van der Waals surface area contributed by atoms with Crippen LogP contribution in [-0.2, 0) is 4.74 Å². The van der Waals surface area contributed by atoms with Crippen LogP contribution in [0.5, 0.6) is 0 Å². The number of nitrogens with zero attached hydrogens (tertiary/aromatic N) is 1. The van der Waals surface area contributed by atoms with Gasteiger partial charge in [0.1, 0.15) is 5.60 Å². The zero-order valence-electron chi connectivity index (χ0n) is 12.1. The van der Waals surface area contributed by atoms with Crippen LogP contribution in [0, 0.1) is 0 Å². The molecule has 0 aromatic heterocycles. The van der Waals surface area contributed by atoms with E-state index < -0.39 is 17.4 Å². The number of piperidine rings is 1. The summed E-state index contributed by atoms with van der Waals surface area (Å²) in [5, 5.41) is 2.80. The number of carbonyl (C=O) groups is 1. The van der Waals surface area contributed by atoms with Gasteiger partial charge in [0.25, 0.3) is 0 Å². The number of nitrogens with two attached hydrogens (primary N) is 1. The van der Waals surface area contributed by atoms with Gasteiger partial charge in [0, 0.05) is 13.1 Å². The van der Waals surface area contributed by atoms with Gasteiger partial charge in [0.15, 0.2) is 0 Å². The first-order chi connectivity index (χ1) is 8.24. The summed E-state index contributed by atoms with van der Waals surface area (Å²) in [5.74, 6) is 0. The Morgan fingerprint density at radius 1 is 1.39 bits per heavy atom. The van der Waals surface area contributed by atoms with Gasteiger partial charge in [-0.05, 0) is 46.6 Å². The van der Waals surface area contributed by atoms with Crippen molar-refractivity contribution in [1.82, 2.24) is 10.2 Å². The summed E-state index contributed by atoms with van der Waals surface area (Å²) in [6.07, 6.45) is 2.27. The number of hydrogen-bond donors (Lipinski definition) is 2. The molecule has 1 amide bonds. The van der Waals surface area contributed by atoms with Crippen molar-refractivity contribution in [3.8, 4) is 0 Å². The fourth-order valence-electron chi connectivity index (χ4n) is 2.12. The molecule has 0 aromatic carbocycles. The van der Waals surface area contributed by atoms with Crippen LogP contribution < -0.4 is 11.1 Å². The predicted molar refractivity (Wildman–Crippen MR) is 72.3 cm³/mol. The lowest BCUT2D eigenvalue weighted by molar-refractivity contribution is 0.0392. The van der Waals surface area contributed by atoms with Gasteiger partial charge in [-0.15, -0.1) is 0 Å². The zero-order chi connectivity index (χ0) is 13.8. The molecule has 1 rings (SSSR count). The van der Waals surface area contributed by atoms with Crippen molar-refractivity contribution < 1.29 is 9.53 Å². The van der Waals surface area contributed by atoms with Crippen molar-refractivity contribution in [1.29, 1.82) is 0 Å². The molecular formula is C13H27N3O2. The number of likely N-dealkylation sites (tertiary alicyclic amines) is 1. The van der Waals surface area contributed by atoms with E-state index in [-0.39, 0.29) is 0 Å². The quantitative estimate of drug-likeness (QED) is 0.755. The monoisotopic (exact) mass is 257 g/mol. The van der Waals surface area contributed by atoms with Crippen LogP contribution >= 0.6 is 0 Å². The molecule has 0 unspecified atom stereocenters. The molecule has 5 heteroatoms. The van der Waals surface area contributed by atoms with E-state index in [1.807, 2.05) is 20.8 Å². The van der Waals surface area contributed by atoms with Crippen molar-refractivity contribution in [3.63, 3.8) is 0 Å². The summed E-state index contributed by atoms with van der Waals surface area (Å²) in [6, 6.07) is 0. The number of ether oxygens (including phenoxy) is 1. The highest BCUT2D eigenvalue weighted by Gasteiger charge is 2.33. The normalized spacial score (nSPS) is 20.5. The molecule has 5 nitrogen and oxygen atoms in total. The SMILES string of the molecule is CCCN1CCC(N)(NC(=O)OC(C)(C)C)CC1. The van der Waals surface area contributed by atoms with E-state index in [1.165, 1.54) is 0 Å². The van der Waals surface area contributed by atoms with Gasteiger partial charge in [-0.3, -0.25) is 0 Å². The van der Waals surface area contributed by atoms with E-state index in [0.29, 0.717) is 0 Å². The second kappa shape index (κ2) is 5.89. The molecule has 3 N–H and O–H groups in total. The number of alkyl carbamates (subject to hydrolysis) is 1. The third-order valence-electron chi connectivity index (χ3n) is 3.04. The summed E-state index contributed by atoms with van der Waals surface area (Å²) in [5.41, 5.74) is 5.10. The lowest BCUT2D eigenvalue weighted by Crippen LogP contribution is -2.61. The summed E-state index contributed by atoms with van der Waals surface area (Å²) >= 11 is 0. The number of amides is 1. The predicted octanol–water partition coefficient (Wildman–Crippen LogP) is 1.67. The summed E-state index contributed by atoms with van der Waals surface area (Å²) in [7, 11) is 0. The molecule has 1 saturated heterocycles. The van der Waals surface area contributed by atoms with Crippen LogP contribution in [0.2, 0.25) is 0 Å². The van der Waals surface area contributed by atoms with Crippen LogP contribution in [-0.4, -0.2) is 41.9 Å². The van der Waals surface area contributed by atoms with Crippen LogP contribution in [0.1, 0.15) is 47.0 Å². The van der Waals surface area contributed by atoms with Gasteiger partial charge >= 0.3 is 6.09 Å². The zero-order valence-corrected chi connectivity index (χ0v) is 12.1. The lowest BCUT2D eigenvalue weighted by atomic mass is 9.98. The molecule has 1 heterocycles. The number of nitrogens with one attached hydrogen (secondary N) is 1. The Bertz CT molecular complexity index is 278. The Morgan fingerprint density at radius 2 is 1.94 bits per heavy atom. The van der Waals surface area contributed by atoms with E-state index in [2.05, 4.69) is 17.1 Å². The van der Waals surface area contributed by atoms with Crippen molar-refractivity contribution in [2.75, 3.05) is 19.6 Å². The molecule has 0 saturated carbocycles. The van der Waals surface area contributed by atoms with Gasteiger partial charge in [0.2, 0.25) is 0 Å². The topological polar surface area (TPSA) is 67.6 Å². The fraction of sp³-hybridized carbons (Fsp3) is 0.923. The van der Waals surface area contributed by atoms with E-state index in [9.17, 15) is 4.79 Å². The van der Waals surface area contributed by atoms with Gasteiger partial charge in [-0.25, -0.2) is 4.79 Å². The van der Waals surface area contributed by atoms with Crippen LogP contribution in [0.4, 0.5) is 4.79 Å². The number of rotatable bonds is 3. The first-order valence-electron chi connectivity index (χ1n) is 6.76. The maximum absolute atomic E-state index is 11.7. The highest BCUT2D eigenvalue weighted by Crippen LogP contribution is 2.18. The average Bonchev–Trinajstić information content (AvgIpc) is 2.18. The van der Waals surface area contributed by atoms with Gasteiger partial charge in [-0.1, -0.05) is 6.92 Å². The fourth-order valence-corrected chi connectivity index (χ4v) is 2.12. The van der Waals surface area contributed by atoms with Gasteiger partial charge in [-0.2, -0.15) is 0 Å². The summed E-state index contributed by atoms with van der Waals surface area (Å²) in [6.45, 7) is 10.7. The Labute approximate surface area is 110 Å². The Morgan fingerprint density at radius 3 is 2.39 bits per heavy atom. The highest BCUT2D eigenvalue weighted by atomic mass is 16.6. The smallest absolute Gasteiger partial charge is 0.409 e. The number of carbonyl (C=O) groups excluding carboxylic acids is 1. The molecule has 0 aliphatic carbocycles. The summed E-state index contributed by atoms with van der Waals surface area (Å²) in [4.78, 5) is 14.1. The second-order valence-electron chi connectivity index (χ2n) is 6.12. The molecule has 1 aliphatic rings. The van der Waals surface area contributed by atoms with Gasteiger partial charge in [0.05, 0.1) is 5.66 Å². The molecule has 0 atom stereocenters. The van der Waals surface area contributed by atoms with Crippen LogP contribution in [0.15, 0.2) is 0 Å². The molecule has 106 valence electrons. The molecule has 0 bridgehead atoms. The third-order valence-corrected chi connectivity index (χ3v) is 3.04. The maximum Gasteiger partial charge on any atom is 0.409 e. The Kier molecular flexibility index (Phi) is 4.99. The van der Waals surface area contributed by atoms with Crippen LogP contribution in [0.25, 0.3) is 0 Å². The van der Waals surface area contributed by atoms with Crippen molar-refractivity contribution >= 4 is 6.09 Å². The second-order valence-corrected chi connectivity index (χ2v) is 6.12. The van der Waals surface area contributed by atoms with Gasteiger partial charge < -0.3 is 20.7 Å². The Balaban J connectivity index is 2.40. The lowest BCUT2D eigenvalue weighted by Gasteiger charge is -2.39. The summed E-state index contributed by atoms with van der Waals surface area (Å²) < 4.78 is 5.24. The molecule has 18 heavy (non-hydrogen) atoms. The van der Waals surface area contributed by atoms with E-state index in [1.54, 1.807) is 0 Å². The third kappa shape index (κ3) is 5.23. The highest BCUT2D eigenvalue weighted by molar-refractivity contribution is 5.68. The van der Waals surface area contributed by atoms with E-state index in [4.69, 9.17) is 10.5 Å². The molecule has 1 fully saturated rings. The van der Waals surface area contributed by atoms with Crippen molar-refractivity contribution in [3.05, 3.63) is 0 Å². The Hall–Kier alpha value is -0.810. The molecule has 0 aromatic rings. The average molecular weight is 257 g/mol. The largest absolute Gasteiger partial charge is 0.444 e. The maximum atomic E-state index is 11.7. The minimum Gasteiger partial charge on any atom is -0.444 e. The molecule has 0 radical (unpaired) electrons. The first kappa shape index (κ1) is 15.2. The van der Waals surface area contributed by atoms with E-state index >= 15 is 0 Å². The minimum atomic E-state index is -0.618. The van der Waals surface area contributed by atoms with E-state index in [0.717, 1.165) is 38.9 Å². The molecule has 0 spiro atoms. The van der Waals surface area contributed by atoms with Crippen molar-refractivity contribution in [2.24, 2.45) is 5.73 Å². The first-order valence-corrected chi connectivity index (χ1v) is 6.76. The minimum absolute atomic E-state index is 0.422. The number of hydrogen-bond acceptors (Lipinski definition) is 4. The molecule has 1 aliphatic heterocycles. The molecular weight excluding hydrogens is 230 g/mol. The standard InChI is InChI=1S/C13H27N3O2/c1-5-8-16-9-6-13(14,7-10-16)15-11(17)18-12(2,3)4/h5-10,14H2,1-4H3,(H,15,17).